The fraction of sp³-hybridized carbons (Fsp3) is 0.692. The van der Waals surface area contributed by atoms with Crippen LogP contribution in [0.4, 0.5) is 0 Å². The summed E-state index contributed by atoms with van der Waals surface area (Å²) in [5, 5.41) is 0. The molecule has 0 saturated carbocycles. The van der Waals surface area contributed by atoms with E-state index < -0.39 is 12.1 Å². The van der Waals surface area contributed by atoms with Crippen molar-refractivity contribution in [2.75, 3.05) is 13.2 Å². The molecule has 2 aliphatic heterocycles. The number of ether oxygens (including phenoxy) is 1. The van der Waals surface area contributed by atoms with Crippen molar-refractivity contribution < 1.29 is 14.3 Å². The number of carbonyl (C=O) groups is 2. The fourth-order valence-electron chi connectivity index (χ4n) is 2.42. The Morgan fingerprint density at radius 1 is 1.28 bits per heavy atom. The molecule has 1 amide bonds. The van der Waals surface area contributed by atoms with Gasteiger partial charge in [-0.3, -0.25) is 4.79 Å². The maximum Gasteiger partial charge on any atom is 0.328 e. The van der Waals surface area contributed by atoms with Crippen molar-refractivity contribution in [3.63, 3.8) is 0 Å². The number of rotatable bonds is 0. The number of cyclic esters (lactones) is 1. The minimum absolute atomic E-state index is 0.139. The Hall–Kier alpha value is -1.36. The van der Waals surface area contributed by atoms with Crippen LogP contribution in [0.5, 0.6) is 0 Å². The first-order valence-corrected chi connectivity index (χ1v) is 6.58. The highest BCUT2D eigenvalue weighted by Gasteiger charge is 2.36. The second kappa shape index (κ2) is 6.00. The summed E-state index contributed by atoms with van der Waals surface area (Å²) in [6.07, 6.45) is 7.67. The highest BCUT2D eigenvalue weighted by atomic mass is 16.5. The largest absolute Gasteiger partial charge is 0.464 e. The lowest BCUT2D eigenvalue weighted by molar-refractivity contribution is -0.153. The molecule has 2 N–H and O–H groups in total. The third-order valence-electron chi connectivity index (χ3n) is 3.44. The quantitative estimate of drug-likeness (QED) is 0.506. The van der Waals surface area contributed by atoms with E-state index in [2.05, 4.69) is 0 Å². The highest BCUT2D eigenvalue weighted by Crippen LogP contribution is 2.20. The number of allylic oxidation sites excluding steroid dienone is 1. The minimum atomic E-state index is -0.547. The first-order valence-electron chi connectivity index (χ1n) is 6.58. The van der Waals surface area contributed by atoms with Crippen molar-refractivity contribution in [2.45, 2.75) is 44.2 Å². The van der Waals surface area contributed by atoms with Gasteiger partial charge in [-0.05, 0) is 32.1 Å². The molecular formula is C13H20N2O3. The molecule has 0 aromatic rings. The number of esters is 1. The first kappa shape index (κ1) is 13.1. The second-order valence-corrected chi connectivity index (χ2v) is 4.81. The van der Waals surface area contributed by atoms with Crippen LogP contribution in [0.1, 0.15) is 32.1 Å². The SMILES string of the molecule is N[C@@H]1C/C=C\CCCOC(=O)[C@@H]2CCCN2C1=O. The molecule has 2 aliphatic rings. The highest BCUT2D eigenvalue weighted by molar-refractivity contribution is 5.88. The van der Waals surface area contributed by atoms with E-state index in [1.807, 2.05) is 12.2 Å². The van der Waals surface area contributed by atoms with Crippen LogP contribution in [0.2, 0.25) is 0 Å². The van der Waals surface area contributed by atoms with Crippen LogP contribution in [0.25, 0.3) is 0 Å². The maximum absolute atomic E-state index is 12.1. The van der Waals surface area contributed by atoms with E-state index in [0.29, 0.717) is 26.0 Å². The summed E-state index contributed by atoms with van der Waals surface area (Å²) < 4.78 is 5.20. The lowest BCUT2D eigenvalue weighted by Crippen LogP contribution is -2.48. The van der Waals surface area contributed by atoms with Gasteiger partial charge in [-0.1, -0.05) is 12.2 Å². The van der Waals surface area contributed by atoms with Crippen molar-refractivity contribution in [1.29, 1.82) is 0 Å². The monoisotopic (exact) mass is 252 g/mol. The number of amides is 1. The second-order valence-electron chi connectivity index (χ2n) is 4.81. The molecule has 2 heterocycles. The van der Waals surface area contributed by atoms with Crippen LogP contribution in [0.15, 0.2) is 12.2 Å². The van der Waals surface area contributed by atoms with E-state index in [1.165, 1.54) is 0 Å². The standard InChI is InChI=1S/C13H20N2O3/c14-10-6-3-1-2-4-9-18-13(17)11-7-5-8-15(11)12(10)16/h1,3,10-11H,2,4-9,14H2/b3-1-/t10-,11+/m1/s1. The lowest BCUT2D eigenvalue weighted by atomic mass is 10.1. The van der Waals surface area contributed by atoms with E-state index in [-0.39, 0.29) is 11.9 Å². The molecule has 5 heteroatoms. The normalized spacial score (nSPS) is 32.2. The van der Waals surface area contributed by atoms with Gasteiger partial charge in [0, 0.05) is 6.54 Å². The van der Waals surface area contributed by atoms with Crippen molar-refractivity contribution in [2.24, 2.45) is 5.73 Å². The van der Waals surface area contributed by atoms with E-state index in [9.17, 15) is 9.59 Å². The Bertz CT molecular complexity index is 354. The van der Waals surface area contributed by atoms with Crippen LogP contribution in [0.3, 0.4) is 0 Å². The van der Waals surface area contributed by atoms with Gasteiger partial charge in [0.2, 0.25) is 5.91 Å². The zero-order valence-electron chi connectivity index (χ0n) is 10.5. The Labute approximate surface area is 107 Å². The summed E-state index contributed by atoms with van der Waals surface area (Å²) in [5.74, 6) is -0.419. The Kier molecular flexibility index (Phi) is 4.36. The number of fused-ring (bicyclic) bond motifs is 1. The van der Waals surface area contributed by atoms with E-state index in [0.717, 1.165) is 19.3 Å². The zero-order valence-corrected chi connectivity index (χ0v) is 10.5. The number of carbonyl (C=O) groups excluding carboxylic acids is 2. The summed E-state index contributed by atoms with van der Waals surface area (Å²) in [7, 11) is 0. The third-order valence-corrected chi connectivity index (χ3v) is 3.44. The summed E-state index contributed by atoms with van der Waals surface area (Å²) in [5.41, 5.74) is 5.87. The fourth-order valence-corrected chi connectivity index (χ4v) is 2.42. The molecule has 0 aromatic carbocycles. The molecule has 1 fully saturated rings. The predicted octanol–water partition coefficient (Wildman–Crippen LogP) is 0.588. The smallest absolute Gasteiger partial charge is 0.328 e. The molecule has 0 radical (unpaired) electrons. The van der Waals surface area contributed by atoms with Gasteiger partial charge in [0.15, 0.2) is 0 Å². The molecular weight excluding hydrogens is 232 g/mol. The molecule has 0 aliphatic carbocycles. The van der Waals surface area contributed by atoms with Crippen molar-refractivity contribution in [3.05, 3.63) is 12.2 Å². The summed E-state index contributed by atoms with van der Waals surface area (Å²) >= 11 is 0. The minimum Gasteiger partial charge on any atom is -0.464 e. The zero-order chi connectivity index (χ0) is 13.0. The van der Waals surface area contributed by atoms with Crippen molar-refractivity contribution >= 4 is 11.9 Å². The summed E-state index contributed by atoms with van der Waals surface area (Å²) in [6, 6.07) is -0.971. The predicted molar refractivity (Wildman–Crippen MR) is 66.7 cm³/mol. The average molecular weight is 252 g/mol. The number of hydrogen-bond donors (Lipinski definition) is 1. The van der Waals surface area contributed by atoms with Gasteiger partial charge >= 0.3 is 5.97 Å². The Morgan fingerprint density at radius 3 is 2.94 bits per heavy atom. The maximum atomic E-state index is 12.1. The molecule has 100 valence electrons. The molecule has 5 nitrogen and oxygen atoms in total. The van der Waals surface area contributed by atoms with Crippen LogP contribution < -0.4 is 5.73 Å². The molecule has 2 rings (SSSR count). The molecule has 0 spiro atoms. The van der Waals surface area contributed by atoms with Crippen LogP contribution in [-0.4, -0.2) is 42.0 Å². The molecule has 2 atom stereocenters. The van der Waals surface area contributed by atoms with E-state index >= 15 is 0 Å². The molecule has 0 aromatic heterocycles. The van der Waals surface area contributed by atoms with Gasteiger partial charge in [0.05, 0.1) is 12.6 Å². The first-order chi connectivity index (χ1) is 8.70. The van der Waals surface area contributed by atoms with Gasteiger partial charge in [0.25, 0.3) is 0 Å². The van der Waals surface area contributed by atoms with Gasteiger partial charge in [0.1, 0.15) is 6.04 Å². The van der Waals surface area contributed by atoms with Crippen LogP contribution in [-0.2, 0) is 14.3 Å². The summed E-state index contributed by atoms with van der Waals surface area (Å²) in [6.45, 7) is 1.03. The van der Waals surface area contributed by atoms with Crippen LogP contribution in [0, 0.1) is 0 Å². The van der Waals surface area contributed by atoms with Gasteiger partial charge in [-0.15, -0.1) is 0 Å². The molecule has 0 unspecified atom stereocenters. The topological polar surface area (TPSA) is 72.6 Å². The molecule has 1 saturated heterocycles. The van der Waals surface area contributed by atoms with Gasteiger partial charge in [-0.25, -0.2) is 4.79 Å². The number of hydrogen-bond acceptors (Lipinski definition) is 4. The molecule has 18 heavy (non-hydrogen) atoms. The number of nitrogens with zero attached hydrogens (tertiary/aromatic N) is 1. The molecule has 0 bridgehead atoms. The van der Waals surface area contributed by atoms with Crippen molar-refractivity contribution in [3.8, 4) is 0 Å². The van der Waals surface area contributed by atoms with Gasteiger partial charge in [-0.2, -0.15) is 0 Å². The average Bonchev–Trinajstić information content (AvgIpc) is 2.84. The van der Waals surface area contributed by atoms with Gasteiger partial charge < -0.3 is 15.4 Å². The van der Waals surface area contributed by atoms with Crippen molar-refractivity contribution in [1.82, 2.24) is 4.90 Å². The Morgan fingerprint density at radius 2 is 2.11 bits per heavy atom. The van der Waals surface area contributed by atoms with E-state index in [4.69, 9.17) is 10.5 Å². The third kappa shape index (κ3) is 2.90. The Balaban J connectivity index is 2.12. The lowest BCUT2D eigenvalue weighted by Gasteiger charge is -2.26. The number of nitrogens with two attached hydrogens (primary N) is 1. The van der Waals surface area contributed by atoms with E-state index in [1.54, 1.807) is 4.90 Å². The summed E-state index contributed by atoms with van der Waals surface area (Å²) in [4.78, 5) is 25.6. The van der Waals surface area contributed by atoms with Crippen LogP contribution >= 0.6 is 0 Å².